The van der Waals surface area contributed by atoms with Crippen LogP contribution < -0.4 is 0 Å². The van der Waals surface area contributed by atoms with Crippen LogP contribution in [0.5, 0.6) is 0 Å². The first kappa shape index (κ1) is 16.6. The van der Waals surface area contributed by atoms with E-state index in [2.05, 4.69) is 4.98 Å². The number of amides is 1. The lowest BCUT2D eigenvalue weighted by molar-refractivity contribution is 0.0599. The summed E-state index contributed by atoms with van der Waals surface area (Å²) in [6.07, 6.45) is 0. The molecule has 0 aromatic carbocycles. The molecule has 0 bridgehead atoms. The maximum absolute atomic E-state index is 12.6. The van der Waals surface area contributed by atoms with Gasteiger partial charge in [-0.05, 0) is 31.5 Å². The van der Waals surface area contributed by atoms with Crippen LogP contribution in [0, 0.1) is 13.8 Å². The lowest BCUT2D eigenvalue weighted by atomic mass is 10.1. The van der Waals surface area contributed by atoms with Crippen molar-refractivity contribution in [1.82, 2.24) is 9.88 Å². The highest BCUT2D eigenvalue weighted by Gasteiger charge is 2.24. The molecule has 5 nitrogen and oxygen atoms in total. The minimum absolute atomic E-state index is 0.180. The van der Waals surface area contributed by atoms with Crippen molar-refractivity contribution in [1.29, 1.82) is 0 Å². The van der Waals surface area contributed by atoms with Gasteiger partial charge < -0.3 is 14.6 Å². The van der Waals surface area contributed by atoms with Crippen LogP contribution in [0.1, 0.15) is 37.0 Å². The van der Waals surface area contributed by atoms with E-state index in [0.717, 1.165) is 4.88 Å². The number of nitrogens with zero attached hydrogens (tertiary/aromatic N) is 1. The summed E-state index contributed by atoms with van der Waals surface area (Å²) in [4.78, 5) is 29.9. The Hall–Kier alpha value is -1.79. The Balaban J connectivity index is 2.24. The number of esters is 1. The van der Waals surface area contributed by atoms with E-state index in [9.17, 15) is 9.59 Å². The molecule has 2 aromatic heterocycles. The fourth-order valence-corrected chi connectivity index (χ4v) is 3.45. The van der Waals surface area contributed by atoms with Gasteiger partial charge in [-0.15, -0.1) is 11.3 Å². The van der Waals surface area contributed by atoms with Crippen molar-refractivity contribution in [2.75, 3.05) is 14.2 Å². The second-order valence-electron chi connectivity index (χ2n) is 4.98. The average Bonchev–Trinajstić information content (AvgIpc) is 3.00. The van der Waals surface area contributed by atoms with Crippen LogP contribution in [0.2, 0.25) is 4.34 Å². The van der Waals surface area contributed by atoms with Crippen molar-refractivity contribution in [3.05, 3.63) is 43.9 Å². The number of H-pyrrole nitrogens is 1. The molecule has 1 N–H and O–H groups in total. The zero-order valence-electron chi connectivity index (χ0n) is 12.8. The van der Waals surface area contributed by atoms with Crippen LogP contribution in [0.3, 0.4) is 0 Å². The van der Waals surface area contributed by atoms with Gasteiger partial charge in [-0.3, -0.25) is 4.79 Å². The monoisotopic (exact) mass is 340 g/mol. The van der Waals surface area contributed by atoms with Crippen LogP contribution >= 0.6 is 22.9 Å². The van der Waals surface area contributed by atoms with Crippen molar-refractivity contribution in [3.8, 4) is 0 Å². The molecule has 1 amide bonds. The van der Waals surface area contributed by atoms with Gasteiger partial charge in [-0.1, -0.05) is 11.6 Å². The first-order chi connectivity index (χ1) is 10.3. The van der Waals surface area contributed by atoms with E-state index in [0.29, 0.717) is 33.4 Å². The summed E-state index contributed by atoms with van der Waals surface area (Å²) < 4.78 is 5.44. The molecule has 0 aliphatic heterocycles. The van der Waals surface area contributed by atoms with Crippen molar-refractivity contribution in [2.24, 2.45) is 0 Å². The fourth-order valence-electron chi connectivity index (χ4n) is 2.31. The van der Waals surface area contributed by atoms with Gasteiger partial charge in [0.05, 0.1) is 23.6 Å². The van der Waals surface area contributed by atoms with Gasteiger partial charge in [0.15, 0.2) is 0 Å². The molecule has 0 aliphatic rings. The zero-order chi connectivity index (χ0) is 16.4. The first-order valence-corrected chi connectivity index (χ1v) is 7.81. The van der Waals surface area contributed by atoms with E-state index in [1.807, 2.05) is 6.07 Å². The highest BCUT2D eigenvalue weighted by atomic mass is 35.5. The topological polar surface area (TPSA) is 62.4 Å². The Morgan fingerprint density at radius 1 is 1.36 bits per heavy atom. The van der Waals surface area contributed by atoms with Crippen LogP contribution in [0.25, 0.3) is 0 Å². The summed E-state index contributed by atoms with van der Waals surface area (Å²) in [5.74, 6) is -0.627. The summed E-state index contributed by atoms with van der Waals surface area (Å²) in [7, 11) is 3.03. The highest BCUT2D eigenvalue weighted by molar-refractivity contribution is 7.16. The molecule has 0 fully saturated rings. The number of rotatable bonds is 4. The largest absolute Gasteiger partial charge is 0.465 e. The van der Waals surface area contributed by atoms with Crippen LogP contribution in [-0.2, 0) is 11.3 Å². The molecule has 7 heteroatoms. The van der Waals surface area contributed by atoms with Crippen molar-refractivity contribution >= 4 is 34.8 Å². The third-order valence-corrected chi connectivity index (χ3v) is 4.63. The maximum atomic E-state index is 12.6. The normalized spacial score (nSPS) is 10.6. The van der Waals surface area contributed by atoms with E-state index in [1.165, 1.54) is 18.4 Å². The number of hydrogen-bond acceptors (Lipinski definition) is 4. The fraction of sp³-hybridized carbons (Fsp3) is 0.333. The molecule has 2 heterocycles. The summed E-state index contributed by atoms with van der Waals surface area (Å²) in [5, 5.41) is 0. The molecule has 2 aromatic rings. The van der Waals surface area contributed by atoms with Crippen molar-refractivity contribution in [3.63, 3.8) is 0 Å². The second kappa shape index (κ2) is 6.54. The van der Waals surface area contributed by atoms with Crippen molar-refractivity contribution in [2.45, 2.75) is 20.4 Å². The second-order valence-corrected chi connectivity index (χ2v) is 6.78. The number of aromatic amines is 1. The van der Waals surface area contributed by atoms with E-state index in [1.54, 1.807) is 31.9 Å². The lowest BCUT2D eigenvalue weighted by Crippen LogP contribution is -2.26. The Kier molecular flexibility index (Phi) is 4.93. The Bertz CT molecular complexity index is 720. The van der Waals surface area contributed by atoms with Crippen LogP contribution in [0.15, 0.2) is 12.1 Å². The number of aryl methyl sites for hydroxylation is 1. The zero-order valence-corrected chi connectivity index (χ0v) is 14.4. The molecule has 0 radical (unpaired) electrons. The van der Waals surface area contributed by atoms with Crippen LogP contribution in [0.4, 0.5) is 0 Å². The number of halogens is 1. The predicted octanol–water partition coefficient (Wildman–Crippen LogP) is 3.41. The minimum Gasteiger partial charge on any atom is -0.465 e. The molecule has 0 unspecified atom stereocenters. The van der Waals surface area contributed by atoms with E-state index < -0.39 is 5.97 Å². The van der Waals surface area contributed by atoms with Gasteiger partial charge in [-0.25, -0.2) is 4.79 Å². The molecule has 0 spiro atoms. The molecule has 0 aliphatic carbocycles. The molecule has 22 heavy (non-hydrogen) atoms. The Morgan fingerprint density at radius 2 is 2.05 bits per heavy atom. The van der Waals surface area contributed by atoms with Crippen molar-refractivity contribution < 1.29 is 14.3 Å². The quantitative estimate of drug-likeness (QED) is 0.867. The summed E-state index contributed by atoms with van der Waals surface area (Å²) in [6.45, 7) is 3.94. The lowest BCUT2D eigenvalue weighted by Gasteiger charge is -2.16. The first-order valence-electron chi connectivity index (χ1n) is 6.62. The standard InChI is InChI=1S/C15H17ClN2O3S/c1-8-12(15(20)21-4)9(2)17-13(8)14(19)18(3)7-10-5-6-11(16)22-10/h5-6,17H,7H2,1-4H3. The molecule has 118 valence electrons. The third kappa shape index (κ3) is 3.18. The van der Waals surface area contributed by atoms with Gasteiger partial charge in [-0.2, -0.15) is 0 Å². The van der Waals surface area contributed by atoms with Gasteiger partial charge in [0.1, 0.15) is 5.69 Å². The smallest absolute Gasteiger partial charge is 0.339 e. The summed E-state index contributed by atoms with van der Waals surface area (Å²) in [5.41, 5.74) is 2.05. The molecule has 0 atom stereocenters. The molecular formula is C15H17ClN2O3S. The molecule has 2 rings (SSSR count). The molecular weight excluding hydrogens is 324 g/mol. The predicted molar refractivity (Wildman–Crippen MR) is 86.7 cm³/mol. The number of methoxy groups -OCH3 is 1. The Labute approximate surface area is 137 Å². The average molecular weight is 341 g/mol. The van der Waals surface area contributed by atoms with E-state index >= 15 is 0 Å². The van der Waals surface area contributed by atoms with E-state index in [4.69, 9.17) is 16.3 Å². The molecule has 0 saturated carbocycles. The maximum Gasteiger partial charge on any atom is 0.339 e. The van der Waals surface area contributed by atoms with Gasteiger partial charge in [0.25, 0.3) is 5.91 Å². The number of nitrogens with one attached hydrogen (secondary N) is 1. The van der Waals surface area contributed by atoms with Crippen LogP contribution in [-0.4, -0.2) is 35.9 Å². The van der Waals surface area contributed by atoms with E-state index in [-0.39, 0.29) is 5.91 Å². The number of hydrogen-bond donors (Lipinski definition) is 1. The number of carbonyl (C=O) groups excluding carboxylic acids is 2. The van der Waals surface area contributed by atoms with Gasteiger partial charge in [0.2, 0.25) is 0 Å². The van der Waals surface area contributed by atoms with Gasteiger partial charge in [0, 0.05) is 17.6 Å². The minimum atomic E-state index is -0.446. The summed E-state index contributed by atoms with van der Waals surface area (Å²) in [6, 6.07) is 3.70. The number of aromatic nitrogens is 1. The number of carbonyl (C=O) groups is 2. The Morgan fingerprint density at radius 3 is 2.59 bits per heavy atom. The number of ether oxygens (including phenoxy) is 1. The summed E-state index contributed by atoms with van der Waals surface area (Å²) >= 11 is 7.34. The third-order valence-electron chi connectivity index (χ3n) is 3.41. The number of thiophene rings is 1. The highest BCUT2D eigenvalue weighted by Crippen LogP contribution is 2.24. The SMILES string of the molecule is COC(=O)c1c(C)[nH]c(C(=O)N(C)Cc2ccc(Cl)s2)c1C. The van der Waals surface area contributed by atoms with Gasteiger partial charge >= 0.3 is 5.97 Å². The molecule has 0 saturated heterocycles.